The first-order valence-corrected chi connectivity index (χ1v) is 34.4. The summed E-state index contributed by atoms with van der Waals surface area (Å²) in [5.41, 5.74) is -3.56. The number of ether oxygens (including phenoxy) is 6. The number of fused-ring (bicyclic) bond motifs is 6. The summed E-state index contributed by atoms with van der Waals surface area (Å²) in [4.78, 5) is 93.9. The van der Waals surface area contributed by atoms with Gasteiger partial charge in [-0.2, -0.15) is 0 Å². The summed E-state index contributed by atoms with van der Waals surface area (Å²) in [6, 6.07) is 6.64. The quantitative estimate of drug-likeness (QED) is 0.0630. The van der Waals surface area contributed by atoms with Crippen LogP contribution in [0.2, 0.25) is 0 Å². The predicted molar refractivity (Wildman–Crippen MR) is 324 cm³/mol. The highest BCUT2D eigenvalue weighted by atomic mass is 32.2. The highest BCUT2D eigenvalue weighted by Crippen LogP contribution is 2.51. The molecule has 0 radical (unpaired) electrons. The van der Waals surface area contributed by atoms with Gasteiger partial charge in [0.2, 0.25) is 35.4 Å². The molecule has 2 aromatic carbocycles. The Morgan fingerprint density at radius 3 is 1.39 bits per heavy atom. The largest absolute Gasteiger partial charge is 0.586 e. The lowest BCUT2D eigenvalue weighted by molar-refractivity contribution is -0.287. The number of amides is 4. The molecule has 4 aliphatic heterocycles. The van der Waals surface area contributed by atoms with Crippen molar-refractivity contribution in [2.75, 3.05) is 24.6 Å². The van der Waals surface area contributed by atoms with E-state index in [9.17, 15) is 63.2 Å². The summed E-state index contributed by atoms with van der Waals surface area (Å²) in [7, 11) is -7.21. The van der Waals surface area contributed by atoms with Crippen LogP contribution in [-0.4, -0.2) is 155 Å². The molecule has 92 heavy (non-hydrogen) atoms. The Labute approximate surface area is 530 Å². The molecule has 4 aliphatic carbocycles. The Morgan fingerprint density at radius 1 is 0.630 bits per heavy atom. The molecule has 4 amide bonds. The summed E-state index contributed by atoms with van der Waals surface area (Å²) < 4.78 is 137. The SMILES string of the molecule is C=C[C@@H]1C[C@]1(NC(=O)[C@@H]1C[C@@H](Oc2nccc3c4c(ccc23)OC(F)(F)O4)CN1C(=O)[C@@H](C)C(C)(C)C)C(=O)CS(=O)(=O)C1CC1.CC[C@@H]1C[C@]1(NC(=O)[C@@H]1C[C@@H](Oc2nccc3c4c(ccc23)OC(F)(F)O4)CN1C(=O)[C@@H](C)C(C)(C)C)C(=O)CS(=O)(=O)C1CC1. The zero-order valence-electron chi connectivity index (χ0n) is 52.5. The van der Waals surface area contributed by atoms with Gasteiger partial charge in [0.1, 0.15) is 46.9 Å². The van der Waals surface area contributed by atoms with E-state index < -0.39 is 142 Å². The maximum atomic E-state index is 14.0. The summed E-state index contributed by atoms with van der Waals surface area (Å²) in [6.07, 6.45) is -1.42. The van der Waals surface area contributed by atoms with Crippen LogP contribution in [0, 0.1) is 34.5 Å². The fraction of sp³-hybridized carbons (Fsp3) is 0.594. The third-order valence-corrected chi connectivity index (χ3v) is 23.8. The monoisotopic (exact) mass is 1320 g/mol. The number of halogens is 4. The number of aromatic nitrogens is 2. The zero-order valence-corrected chi connectivity index (χ0v) is 54.2. The van der Waals surface area contributed by atoms with Crippen molar-refractivity contribution in [1.29, 1.82) is 0 Å². The minimum absolute atomic E-state index is 0.0138. The second kappa shape index (κ2) is 23.3. The van der Waals surface area contributed by atoms with Crippen molar-refractivity contribution in [2.45, 2.75) is 179 Å². The van der Waals surface area contributed by atoms with E-state index in [2.05, 4.69) is 36.7 Å². The zero-order chi connectivity index (χ0) is 66.8. The van der Waals surface area contributed by atoms with Gasteiger partial charge in [-0.05, 0) is 91.7 Å². The van der Waals surface area contributed by atoms with Crippen molar-refractivity contribution in [2.24, 2.45) is 34.5 Å². The summed E-state index contributed by atoms with van der Waals surface area (Å²) in [5, 5.41) is 6.00. The summed E-state index contributed by atoms with van der Waals surface area (Å²) in [6.45, 7) is 20.8. The third-order valence-electron chi connectivity index (χ3n) is 19.5. The van der Waals surface area contributed by atoms with Gasteiger partial charge in [0, 0.05) is 64.5 Å². The number of alkyl halides is 4. The molecule has 4 aromatic rings. The Hall–Kier alpha value is -7.36. The Morgan fingerprint density at radius 2 is 1.03 bits per heavy atom. The number of sulfone groups is 2. The maximum absolute atomic E-state index is 14.0. The van der Waals surface area contributed by atoms with E-state index in [4.69, 9.17) is 18.9 Å². The molecule has 2 aromatic heterocycles. The van der Waals surface area contributed by atoms with E-state index in [-0.39, 0.29) is 90.2 Å². The molecule has 0 bridgehead atoms. The van der Waals surface area contributed by atoms with Gasteiger partial charge >= 0.3 is 12.6 Å². The second-order valence-electron chi connectivity index (χ2n) is 27.8. The van der Waals surface area contributed by atoms with Crippen molar-refractivity contribution >= 4 is 76.4 Å². The van der Waals surface area contributed by atoms with Crippen LogP contribution >= 0.6 is 0 Å². The molecule has 6 fully saturated rings. The van der Waals surface area contributed by atoms with Crippen LogP contribution in [0.1, 0.15) is 120 Å². The maximum Gasteiger partial charge on any atom is 0.586 e. The molecule has 2 N–H and O–H groups in total. The van der Waals surface area contributed by atoms with Gasteiger partial charge in [0.15, 0.2) is 54.2 Å². The molecule has 0 unspecified atom stereocenters. The highest BCUT2D eigenvalue weighted by Gasteiger charge is 2.63. The number of likely N-dealkylation sites (tertiary alicyclic amines) is 2. The van der Waals surface area contributed by atoms with E-state index >= 15 is 0 Å². The van der Waals surface area contributed by atoms with Crippen molar-refractivity contribution in [3.05, 3.63) is 61.4 Å². The van der Waals surface area contributed by atoms with E-state index in [0.717, 1.165) is 0 Å². The molecule has 12 rings (SSSR count). The number of hydrogen-bond acceptors (Lipinski definition) is 18. The number of nitrogens with one attached hydrogen (secondary N) is 2. The van der Waals surface area contributed by atoms with Gasteiger partial charge < -0.3 is 48.9 Å². The lowest BCUT2D eigenvalue weighted by Crippen LogP contribution is -2.55. The fourth-order valence-corrected chi connectivity index (χ4v) is 16.0. The van der Waals surface area contributed by atoms with E-state index in [1.54, 1.807) is 13.8 Å². The van der Waals surface area contributed by atoms with Crippen molar-refractivity contribution in [3.63, 3.8) is 0 Å². The molecule has 22 nitrogen and oxygen atoms in total. The van der Waals surface area contributed by atoms with Crippen molar-refractivity contribution in [3.8, 4) is 34.8 Å². The van der Waals surface area contributed by atoms with Gasteiger partial charge in [-0.3, -0.25) is 28.8 Å². The van der Waals surface area contributed by atoms with Gasteiger partial charge in [0.05, 0.1) is 23.6 Å². The van der Waals surface area contributed by atoms with Gasteiger partial charge in [-0.25, -0.2) is 26.8 Å². The number of hydrogen-bond donors (Lipinski definition) is 2. The molecule has 0 spiro atoms. The molecule has 498 valence electrons. The van der Waals surface area contributed by atoms with Gasteiger partial charge in [-0.15, -0.1) is 24.1 Å². The molecule has 8 aliphatic rings. The first kappa shape index (κ1) is 66.1. The number of rotatable bonds is 20. The number of carbonyl (C=O) groups is 6. The second-order valence-corrected chi connectivity index (χ2v) is 32.4. The molecule has 10 atom stereocenters. The van der Waals surface area contributed by atoms with Crippen LogP contribution < -0.4 is 39.1 Å². The van der Waals surface area contributed by atoms with Gasteiger partial charge in [0.25, 0.3) is 0 Å². The lowest BCUT2D eigenvalue weighted by Gasteiger charge is -2.33. The molecular formula is C64H76F4N6O16S2. The normalized spacial score (nSPS) is 27.3. The number of ketones is 2. The Kier molecular flexibility index (Phi) is 16.7. The number of Topliss-reactive ketones (excluding diaryl/α,β-unsaturated/α-hetero) is 2. The smallest absolute Gasteiger partial charge is 0.472 e. The average molecular weight is 1330 g/mol. The first-order valence-electron chi connectivity index (χ1n) is 31.0. The first-order chi connectivity index (χ1) is 42.9. The van der Waals surface area contributed by atoms with Crippen LogP contribution in [0.3, 0.4) is 0 Å². The van der Waals surface area contributed by atoms with Crippen molar-refractivity contribution in [1.82, 2.24) is 30.4 Å². The summed E-state index contributed by atoms with van der Waals surface area (Å²) in [5.74, 6) is -6.08. The van der Waals surface area contributed by atoms with E-state index in [0.29, 0.717) is 54.7 Å². The van der Waals surface area contributed by atoms with Gasteiger partial charge in [-0.1, -0.05) is 74.8 Å². The fourth-order valence-electron chi connectivity index (χ4n) is 12.6. The molecule has 28 heteroatoms. The Balaban J connectivity index is 0.000000188. The minimum atomic E-state index is -3.81. The number of nitrogens with zero attached hydrogens (tertiary/aromatic N) is 4. The lowest BCUT2D eigenvalue weighted by atomic mass is 9.81. The molecule has 2 saturated heterocycles. The van der Waals surface area contributed by atoms with Crippen LogP contribution in [0.25, 0.3) is 21.5 Å². The molecular weight excluding hydrogens is 1250 g/mol. The highest BCUT2D eigenvalue weighted by molar-refractivity contribution is 7.93. The van der Waals surface area contributed by atoms with E-state index in [1.165, 1.54) is 64.7 Å². The minimum Gasteiger partial charge on any atom is -0.472 e. The van der Waals surface area contributed by atoms with Crippen molar-refractivity contribution < 1.29 is 91.6 Å². The predicted octanol–water partition coefficient (Wildman–Crippen LogP) is 7.81. The number of benzene rings is 2. The standard InChI is InChI=1S/C32H39F2N3O8S.C32H37F2N3O8S/c2*1-6-18-14-31(18,25(38)16-46(41,42)20-7-8-20)36-27(39)23-13-19(15-37(23)29(40)17(2)30(3,4)5)43-28-22-9-10-24-26(21(22)11-12-35-28)45-32(33,34)44-24/h9-12,17-20,23H,6-8,13-16H2,1-5H3,(H,36,39);6,9-12,17-20,23H,1,7-8,13-16H2,2-5H3,(H,36,39)/t2*17-,18-,19-,23+,31-/m11/s1. The summed E-state index contributed by atoms with van der Waals surface area (Å²) >= 11 is 0. The Bertz CT molecular complexity index is 3950. The van der Waals surface area contributed by atoms with E-state index in [1.807, 2.05) is 48.5 Å². The van der Waals surface area contributed by atoms with Crippen LogP contribution in [-0.2, 0) is 48.4 Å². The molecule has 6 heterocycles. The third kappa shape index (κ3) is 12.9. The number of pyridine rings is 2. The van der Waals surface area contributed by atoms with Crippen LogP contribution in [0.5, 0.6) is 34.8 Å². The number of carbonyl (C=O) groups excluding carboxylic acids is 6. The average Bonchev–Trinajstić information content (AvgIpc) is 1.61. The van der Waals surface area contributed by atoms with Crippen LogP contribution in [0.4, 0.5) is 17.6 Å². The molecule has 4 saturated carbocycles. The van der Waals surface area contributed by atoms with Crippen LogP contribution in [0.15, 0.2) is 61.4 Å². The topological polar surface area (TPSA) is 282 Å².